The van der Waals surface area contributed by atoms with Gasteiger partial charge >= 0.3 is 11.9 Å². The number of imidazole rings is 1. The van der Waals surface area contributed by atoms with Crippen LogP contribution in [0.3, 0.4) is 0 Å². The van der Waals surface area contributed by atoms with Crippen molar-refractivity contribution in [2.75, 3.05) is 20.8 Å². The molecule has 2 atom stereocenters. The highest BCUT2D eigenvalue weighted by Crippen LogP contribution is 2.49. The Balaban J connectivity index is 1.45. The molecule has 1 aromatic heterocycles. The highest BCUT2D eigenvalue weighted by molar-refractivity contribution is 5.80. The van der Waals surface area contributed by atoms with Crippen molar-refractivity contribution in [2.45, 2.75) is 31.1 Å². The molecule has 0 saturated carbocycles. The van der Waals surface area contributed by atoms with Crippen molar-refractivity contribution in [3.05, 3.63) is 69.8 Å². The highest BCUT2D eigenvalue weighted by atomic mass is 19.4. The monoisotopic (exact) mass is 489 g/mol. The van der Waals surface area contributed by atoms with E-state index in [1.165, 1.54) is 30.9 Å². The molecule has 1 fully saturated rings. The fourth-order valence-corrected chi connectivity index (χ4v) is 5.04. The molecule has 2 aliphatic rings. The summed E-state index contributed by atoms with van der Waals surface area (Å²) in [5.74, 6) is 0.374. The number of aromatic hydroxyl groups is 1. The summed E-state index contributed by atoms with van der Waals surface area (Å²) in [5, 5.41) is 10.9. The van der Waals surface area contributed by atoms with Crippen molar-refractivity contribution in [1.29, 1.82) is 0 Å². The summed E-state index contributed by atoms with van der Waals surface area (Å²) in [6, 6.07) is 8.48. The molecule has 0 aliphatic carbocycles. The van der Waals surface area contributed by atoms with E-state index >= 15 is 0 Å². The first-order valence-electron chi connectivity index (χ1n) is 10.9. The Labute approximate surface area is 197 Å². The van der Waals surface area contributed by atoms with Crippen LogP contribution in [-0.4, -0.2) is 45.8 Å². The van der Waals surface area contributed by atoms with Crippen LogP contribution < -0.4 is 15.2 Å². The highest BCUT2D eigenvalue weighted by Gasteiger charge is 2.49. The number of hydrogen-bond donors (Lipinski definition) is 1. The predicted octanol–water partition coefficient (Wildman–Crippen LogP) is 3.45. The molecule has 2 aliphatic heterocycles. The number of hydrogen-bond acceptors (Lipinski definition) is 5. The second kappa shape index (κ2) is 8.10. The normalized spacial score (nSPS) is 18.6. The number of nitrogens with zero attached hydrogens (tertiary/aromatic N) is 3. The maximum absolute atomic E-state index is 13.2. The van der Waals surface area contributed by atoms with Crippen molar-refractivity contribution < 1.29 is 32.5 Å². The summed E-state index contributed by atoms with van der Waals surface area (Å²) in [6.45, 7) is 0.274. The largest absolute Gasteiger partial charge is 0.493 e. The summed E-state index contributed by atoms with van der Waals surface area (Å²) in [5.41, 5.74) is -0.701. The van der Waals surface area contributed by atoms with Crippen molar-refractivity contribution in [2.24, 2.45) is 0 Å². The van der Waals surface area contributed by atoms with Gasteiger partial charge in [-0.1, -0.05) is 12.1 Å². The number of fused-ring (bicyclic) bond motifs is 5. The van der Waals surface area contributed by atoms with Gasteiger partial charge < -0.3 is 19.5 Å². The zero-order valence-electron chi connectivity index (χ0n) is 18.9. The van der Waals surface area contributed by atoms with Crippen molar-refractivity contribution in [3.8, 4) is 23.1 Å². The molecule has 184 valence electrons. The second-order valence-corrected chi connectivity index (χ2v) is 8.56. The van der Waals surface area contributed by atoms with E-state index in [9.17, 15) is 27.9 Å². The predicted molar refractivity (Wildman–Crippen MR) is 118 cm³/mol. The lowest BCUT2D eigenvalue weighted by atomic mass is 10.1. The minimum absolute atomic E-state index is 0.0723. The SMILES string of the molecule is COc1ccc(CC(=O)N2CC3C[C@@H]2c2c(O)n(-c4cccc(C(F)(F)F)c4)c(=O)n23)cc1OC. The molecule has 35 heavy (non-hydrogen) atoms. The molecule has 1 N–H and O–H groups in total. The minimum atomic E-state index is -4.59. The van der Waals surface area contributed by atoms with Gasteiger partial charge in [0.15, 0.2) is 11.5 Å². The molecular weight excluding hydrogens is 467 g/mol. The second-order valence-electron chi connectivity index (χ2n) is 8.56. The summed E-state index contributed by atoms with van der Waals surface area (Å²) in [6.07, 6.45) is -4.06. The number of carbonyl (C=O) groups is 1. The van der Waals surface area contributed by atoms with Gasteiger partial charge in [-0.05, 0) is 42.3 Å². The van der Waals surface area contributed by atoms with Crippen LogP contribution >= 0.6 is 0 Å². The van der Waals surface area contributed by atoms with Crippen LogP contribution in [0, 0.1) is 0 Å². The lowest BCUT2D eigenvalue weighted by Gasteiger charge is -2.28. The van der Waals surface area contributed by atoms with E-state index < -0.39 is 29.4 Å². The number of likely N-dealkylation sites (tertiary alicyclic amines) is 1. The zero-order chi connectivity index (χ0) is 25.1. The van der Waals surface area contributed by atoms with Gasteiger partial charge in [0.25, 0.3) is 0 Å². The molecule has 0 spiro atoms. The van der Waals surface area contributed by atoms with Gasteiger partial charge in [-0.3, -0.25) is 9.36 Å². The van der Waals surface area contributed by atoms with Crippen molar-refractivity contribution in [3.63, 3.8) is 0 Å². The molecule has 1 unspecified atom stereocenters. The first-order valence-corrected chi connectivity index (χ1v) is 10.9. The third kappa shape index (κ3) is 3.62. The Kier molecular flexibility index (Phi) is 5.30. The van der Waals surface area contributed by atoms with E-state index in [-0.39, 0.29) is 36.3 Å². The number of aromatic nitrogens is 2. The molecule has 1 amide bonds. The van der Waals surface area contributed by atoms with Gasteiger partial charge in [-0.15, -0.1) is 0 Å². The van der Waals surface area contributed by atoms with Crippen LogP contribution in [0.2, 0.25) is 0 Å². The summed E-state index contributed by atoms with van der Waals surface area (Å²) in [7, 11) is 3.02. The average molecular weight is 489 g/mol. The molecule has 5 rings (SSSR count). The third-order valence-corrected chi connectivity index (χ3v) is 6.61. The smallest absolute Gasteiger partial charge is 0.416 e. The van der Waals surface area contributed by atoms with Gasteiger partial charge in [-0.25, -0.2) is 9.36 Å². The van der Waals surface area contributed by atoms with Gasteiger partial charge in [0.2, 0.25) is 11.8 Å². The van der Waals surface area contributed by atoms with Crippen LogP contribution in [0.25, 0.3) is 5.69 Å². The molecule has 1 saturated heterocycles. The number of carbonyl (C=O) groups excluding carboxylic acids is 1. The van der Waals surface area contributed by atoms with E-state index in [4.69, 9.17) is 9.47 Å². The lowest BCUT2D eigenvalue weighted by Crippen LogP contribution is -2.38. The number of alkyl halides is 3. The number of amides is 1. The maximum Gasteiger partial charge on any atom is 0.416 e. The molecule has 0 radical (unpaired) electrons. The summed E-state index contributed by atoms with van der Waals surface area (Å²) >= 11 is 0. The quantitative estimate of drug-likeness (QED) is 0.594. The standard InChI is InChI=1S/C24H22F3N3O5/c1-34-18-7-6-13(8-19(18)35-2)9-20(31)28-12-16-11-17(28)21-22(32)30(23(33)29(16)21)15-5-3-4-14(10-15)24(25,26)27/h3-8,10,16-17,32H,9,11-12H2,1-2H3/t16?,17-/m1/s1. The topological polar surface area (TPSA) is 85.9 Å². The number of benzene rings is 2. The minimum Gasteiger partial charge on any atom is -0.493 e. The molecule has 2 aromatic carbocycles. The number of methoxy groups -OCH3 is 2. The van der Waals surface area contributed by atoms with Gasteiger partial charge in [0.1, 0.15) is 5.69 Å². The van der Waals surface area contributed by atoms with E-state index in [1.807, 2.05) is 0 Å². The number of rotatable bonds is 5. The first-order chi connectivity index (χ1) is 16.6. The Morgan fingerprint density at radius 1 is 1.11 bits per heavy atom. The Morgan fingerprint density at radius 2 is 1.86 bits per heavy atom. The fourth-order valence-electron chi connectivity index (χ4n) is 5.04. The molecule has 11 heteroatoms. The molecule has 8 nitrogen and oxygen atoms in total. The van der Waals surface area contributed by atoms with Gasteiger partial charge in [0, 0.05) is 6.54 Å². The Hall–Kier alpha value is -3.89. The lowest BCUT2D eigenvalue weighted by molar-refractivity contribution is -0.137. The van der Waals surface area contributed by atoms with Gasteiger partial charge in [-0.2, -0.15) is 13.2 Å². The zero-order valence-corrected chi connectivity index (χ0v) is 18.9. The first kappa shape index (κ1) is 22.9. The Bertz CT molecular complexity index is 1380. The third-order valence-electron chi connectivity index (χ3n) is 6.61. The van der Waals surface area contributed by atoms with Crippen molar-refractivity contribution >= 4 is 5.91 Å². The van der Waals surface area contributed by atoms with Crippen LogP contribution in [0.4, 0.5) is 13.2 Å². The van der Waals surface area contributed by atoms with Crippen LogP contribution in [0.1, 0.15) is 35.3 Å². The molecule has 3 heterocycles. The van der Waals surface area contributed by atoms with Crippen LogP contribution in [0.15, 0.2) is 47.3 Å². The molecular formula is C24H22F3N3O5. The summed E-state index contributed by atoms with van der Waals surface area (Å²) < 4.78 is 52.3. The van der Waals surface area contributed by atoms with Crippen LogP contribution in [-0.2, 0) is 17.4 Å². The number of halogens is 3. The Morgan fingerprint density at radius 3 is 2.54 bits per heavy atom. The van der Waals surface area contributed by atoms with E-state index in [1.54, 1.807) is 23.1 Å². The fraction of sp³-hybridized carbons (Fsp3) is 0.333. The maximum atomic E-state index is 13.2. The van der Waals surface area contributed by atoms with Gasteiger partial charge in [0.05, 0.1) is 44.0 Å². The summed E-state index contributed by atoms with van der Waals surface area (Å²) in [4.78, 5) is 27.8. The van der Waals surface area contributed by atoms with E-state index in [0.29, 0.717) is 23.5 Å². The van der Waals surface area contributed by atoms with E-state index in [2.05, 4.69) is 0 Å². The van der Waals surface area contributed by atoms with E-state index in [0.717, 1.165) is 16.7 Å². The molecule has 3 aromatic rings. The molecule has 2 bridgehead atoms. The average Bonchev–Trinajstić information content (AvgIpc) is 3.49. The van der Waals surface area contributed by atoms with Crippen LogP contribution in [0.5, 0.6) is 17.4 Å². The number of ether oxygens (including phenoxy) is 2. The van der Waals surface area contributed by atoms with Crippen molar-refractivity contribution in [1.82, 2.24) is 14.0 Å².